The smallest absolute Gasteiger partial charge is 0.450 e. The molecule has 0 spiro atoms. The number of ether oxygens (including phenoxy) is 1. The van der Waals surface area contributed by atoms with E-state index in [1.54, 1.807) is 27.0 Å². The summed E-state index contributed by atoms with van der Waals surface area (Å²) in [4.78, 5) is 29.0. The van der Waals surface area contributed by atoms with Crippen LogP contribution in [0.25, 0.3) is 0 Å². The highest BCUT2D eigenvalue weighted by Crippen LogP contribution is 2.50. The van der Waals surface area contributed by atoms with Gasteiger partial charge in [0.1, 0.15) is 33.4 Å². The Balaban J connectivity index is 0.00000400. The third-order valence-electron chi connectivity index (χ3n) is 5.54. The number of hydrogen-bond donors (Lipinski definition) is 2. The Bertz CT molecular complexity index is 1260. The fourth-order valence-electron chi connectivity index (χ4n) is 3.93. The summed E-state index contributed by atoms with van der Waals surface area (Å²) in [7, 11) is 0. The molecule has 1 unspecified atom stereocenters. The first-order valence-corrected chi connectivity index (χ1v) is 12.6. The van der Waals surface area contributed by atoms with Crippen molar-refractivity contribution in [3.05, 3.63) is 83.7 Å². The highest BCUT2D eigenvalue weighted by Gasteiger charge is 2.51. The molecule has 38 heavy (non-hydrogen) atoms. The summed E-state index contributed by atoms with van der Waals surface area (Å²) in [6.45, 7) is 5.60. The van der Waals surface area contributed by atoms with Crippen LogP contribution in [0.4, 0.5) is 18.4 Å². The molecule has 2 atom stereocenters. The molecule has 0 aliphatic carbocycles. The maximum absolute atomic E-state index is 14.8. The van der Waals surface area contributed by atoms with Crippen LogP contribution in [0.5, 0.6) is 0 Å². The number of rotatable bonds is 6. The number of nitrogens with zero attached hydrogens (tertiary/aromatic N) is 3. The van der Waals surface area contributed by atoms with E-state index in [0.717, 1.165) is 23.8 Å². The number of aliphatic imine (C=N–C) groups is 1. The SMILES string of the molecule is CC(C)(C)OC(=O)NCCC[C@@]1(c2ccccc2)SC(c2cc(F)ccc2F)=NN1C(=O)[NH+]1C=CN=C1.[I-]. The number of quaternary nitrogens is 1. The van der Waals surface area contributed by atoms with Gasteiger partial charge < -0.3 is 34.0 Å². The van der Waals surface area contributed by atoms with Crippen molar-refractivity contribution in [2.24, 2.45) is 10.1 Å². The van der Waals surface area contributed by atoms with Crippen molar-refractivity contribution in [1.82, 2.24) is 10.3 Å². The van der Waals surface area contributed by atoms with Crippen LogP contribution in [0, 0.1) is 11.6 Å². The first-order chi connectivity index (χ1) is 17.6. The number of carbonyl (C=O) groups is 2. The molecule has 2 aliphatic rings. The van der Waals surface area contributed by atoms with Crippen LogP contribution < -0.4 is 34.2 Å². The molecule has 202 valence electrons. The minimum atomic E-state index is -1.08. The molecule has 0 saturated carbocycles. The standard InChI is InChI=1S/C26H27F2N5O3S.HI/c1-25(2,3)36-23(34)30-13-7-12-26(18-8-5-4-6-9-18)33(24(35)32-15-14-29-17-32)31-22(37-26)20-16-19(27)10-11-21(20)28;/h4-6,8-11,14-17H,7,12-13H2,1-3H3,(H,30,34);1H/t26-;/m0./s1. The summed E-state index contributed by atoms with van der Waals surface area (Å²) < 4.78 is 34.1. The second kappa shape index (κ2) is 12.3. The molecule has 2 aromatic rings. The van der Waals surface area contributed by atoms with E-state index in [9.17, 15) is 18.4 Å². The van der Waals surface area contributed by atoms with Crippen LogP contribution in [0.3, 0.4) is 0 Å². The van der Waals surface area contributed by atoms with E-state index in [4.69, 9.17) is 4.74 Å². The van der Waals surface area contributed by atoms with E-state index in [1.165, 1.54) is 29.3 Å². The van der Waals surface area contributed by atoms with Crippen LogP contribution in [-0.2, 0) is 9.61 Å². The summed E-state index contributed by atoms with van der Waals surface area (Å²) in [5.74, 6) is -1.26. The monoisotopic (exact) mass is 655 g/mol. The van der Waals surface area contributed by atoms with Gasteiger partial charge in [0.05, 0.1) is 6.20 Å². The minimum Gasteiger partial charge on any atom is -1.00 e. The third-order valence-corrected chi connectivity index (χ3v) is 6.98. The lowest BCUT2D eigenvalue weighted by Crippen LogP contribution is -3.10. The summed E-state index contributed by atoms with van der Waals surface area (Å²) in [5, 5.41) is 8.75. The summed E-state index contributed by atoms with van der Waals surface area (Å²) in [5.41, 5.74) is 0.0828. The van der Waals surface area contributed by atoms with Gasteiger partial charge in [-0.3, -0.25) is 0 Å². The van der Waals surface area contributed by atoms with E-state index in [2.05, 4.69) is 15.4 Å². The van der Waals surface area contributed by atoms with Gasteiger partial charge in [-0.1, -0.05) is 42.1 Å². The van der Waals surface area contributed by atoms with Crippen LogP contribution in [-0.4, -0.2) is 40.7 Å². The van der Waals surface area contributed by atoms with Gasteiger partial charge in [0.25, 0.3) is 0 Å². The van der Waals surface area contributed by atoms with Crippen LogP contribution in [0.15, 0.2) is 71.0 Å². The van der Waals surface area contributed by atoms with Crippen LogP contribution in [0.2, 0.25) is 0 Å². The van der Waals surface area contributed by atoms with Crippen molar-refractivity contribution < 1.29 is 52.0 Å². The first kappa shape index (κ1) is 29.7. The second-order valence-corrected chi connectivity index (χ2v) is 10.7. The van der Waals surface area contributed by atoms with Crippen molar-refractivity contribution >= 4 is 35.3 Å². The molecule has 4 rings (SSSR count). The number of halogens is 3. The van der Waals surface area contributed by atoms with E-state index in [0.29, 0.717) is 17.7 Å². The van der Waals surface area contributed by atoms with Gasteiger partial charge in [-0.2, -0.15) is 15.0 Å². The predicted molar refractivity (Wildman–Crippen MR) is 138 cm³/mol. The summed E-state index contributed by atoms with van der Waals surface area (Å²) in [6, 6.07) is 11.9. The zero-order valence-corrected chi connectivity index (χ0v) is 24.1. The van der Waals surface area contributed by atoms with E-state index in [1.807, 2.05) is 30.3 Å². The van der Waals surface area contributed by atoms with Gasteiger partial charge in [0.2, 0.25) is 6.34 Å². The fourth-order valence-corrected chi connectivity index (χ4v) is 5.35. The first-order valence-electron chi connectivity index (χ1n) is 11.8. The van der Waals surface area contributed by atoms with E-state index >= 15 is 0 Å². The van der Waals surface area contributed by atoms with Crippen LogP contribution >= 0.6 is 11.8 Å². The Morgan fingerprint density at radius 2 is 1.89 bits per heavy atom. The zero-order chi connectivity index (χ0) is 26.6. The second-order valence-electron chi connectivity index (χ2n) is 9.48. The van der Waals surface area contributed by atoms with Gasteiger partial charge in [0.15, 0.2) is 0 Å². The molecule has 2 aliphatic heterocycles. The topological polar surface area (TPSA) is 87.8 Å². The maximum Gasteiger partial charge on any atom is 0.450 e. The zero-order valence-electron chi connectivity index (χ0n) is 21.1. The predicted octanol–water partition coefficient (Wildman–Crippen LogP) is 1.36. The Labute approximate surface area is 241 Å². The molecule has 3 amide bonds. The summed E-state index contributed by atoms with van der Waals surface area (Å²) in [6.07, 6.45) is 4.75. The molecule has 0 fully saturated rings. The van der Waals surface area contributed by atoms with Crippen molar-refractivity contribution in [3.8, 4) is 0 Å². The average Bonchev–Trinajstić information content (AvgIpc) is 3.52. The lowest BCUT2D eigenvalue weighted by molar-refractivity contribution is -0.644. The lowest BCUT2D eigenvalue weighted by Gasteiger charge is -2.35. The number of benzene rings is 2. The van der Waals surface area contributed by atoms with Crippen molar-refractivity contribution in [1.29, 1.82) is 0 Å². The molecular formula is C26H28F2IN5O3S. The van der Waals surface area contributed by atoms with Crippen molar-refractivity contribution in [3.63, 3.8) is 0 Å². The number of alkyl carbamates (subject to hydrolysis) is 1. The third kappa shape index (κ3) is 6.77. The van der Waals surface area contributed by atoms with Gasteiger partial charge in [-0.05, 0) is 57.4 Å². The fraction of sp³-hybridized carbons (Fsp3) is 0.308. The number of hydrazone groups is 1. The lowest BCUT2D eigenvalue weighted by atomic mass is 10.0. The number of thioether (sulfide) groups is 1. The Morgan fingerprint density at radius 1 is 1.16 bits per heavy atom. The molecular weight excluding hydrogens is 627 g/mol. The molecule has 2 N–H and O–H groups in total. The number of nitrogens with one attached hydrogen (secondary N) is 2. The van der Waals surface area contributed by atoms with Gasteiger partial charge in [-0.25, -0.2) is 23.4 Å². The van der Waals surface area contributed by atoms with E-state index < -0.39 is 34.2 Å². The molecule has 0 aromatic heterocycles. The largest absolute Gasteiger partial charge is 1.00 e. The van der Waals surface area contributed by atoms with Gasteiger partial charge in [0, 0.05) is 12.1 Å². The number of carbonyl (C=O) groups excluding carboxylic acids is 2. The molecule has 0 radical (unpaired) electrons. The van der Waals surface area contributed by atoms with Crippen molar-refractivity contribution in [2.45, 2.75) is 44.1 Å². The molecule has 8 nitrogen and oxygen atoms in total. The Hall–Kier alpha value is -2.84. The molecule has 0 bridgehead atoms. The highest BCUT2D eigenvalue weighted by atomic mass is 127. The number of amides is 3. The van der Waals surface area contributed by atoms with Crippen LogP contribution in [0.1, 0.15) is 44.7 Å². The average molecular weight is 656 g/mol. The quantitative estimate of drug-likeness (QED) is 0.364. The molecule has 2 heterocycles. The number of hydrogen-bond acceptors (Lipinski definition) is 6. The maximum atomic E-state index is 14.8. The Morgan fingerprint density at radius 3 is 2.55 bits per heavy atom. The van der Waals surface area contributed by atoms with Crippen molar-refractivity contribution in [2.75, 3.05) is 6.54 Å². The molecule has 12 heteroatoms. The molecule has 0 saturated heterocycles. The summed E-state index contributed by atoms with van der Waals surface area (Å²) >= 11 is 1.17. The number of urea groups is 1. The van der Waals surface area contributed by atoms with Gasteiger partial charge in [-0.15, -0.1) is 0 Å². The van der Waals surface area contributed by atoms with Gasteiger partial charge >= 0.3 is 12.1 Å². The highest BCUT2D eigenvalue weighted by molar-refractivity contribution is 8.15. The minimum absolute atomic E-state index is 0. The van der Waals surface area contributed by atoms with E-state index in [-0.39, 0.29) is 41.1 Å². The normalized spacial score (nSPS) is 20.2. The molecule has 2 aromatic carbocycles. The Kier molecular flexibility index (Phi) is 9.65.